The number of nitrogens with zero attached hydrogens (tertiary/aromatic N) is 3. The van der Waals surface area contributed by atoms with Gasteiger partial charge >= 0.3 is 12.1 Å². The zero-order chi connectivity index (χ0) is 26.2. The van der Waals surface area contributed by atoms with Crippen LogP contribution in [0.4, 0.5) is 21.0 Å². The Balaban J connectivity index is 1.42. The van der Waals surface area contributed by atoms with Gasteiger partial charge in [0.1, 0.15) is 11.2 Å². The number of hydrogen-bond donors (Lipinski definition) is 3. The molecule has 0 unspecified atom stereocenters. The van der Waals surface area contributed by atoms with Crippen LogP contribution in [0.25, 0.3) is 16.6 Å². The Morgan fingerprint density at radius 1 is 1.03 bits per heavy atom. The van der Waals surface area contributed by atoms with Gasteiger partial charge < -0.3 is 25.3 Å². The number of nitrogens with one attached hydrogen (secondary N) is 3. The maximum absolute atomic E-state index is 12.7. The number of amides is 3. The number of aromatic nitrogens is 3. The van der Waals surface area contributed by atoms with Crippen LogP contribution >= 0.6 is 0 Å². The van der Waals surface area contributed by atoms with Gasteiger partial charge in [-0.1, -0.05) is 24.3 Å². The number of likely N-dealkylation sites (tertiary alicyclic amines) is 1. The third-order valence-corrected chi connectivity index (χ3v) is 6.31. The van der Waals surface area contributed by atoms with E-state index in [1.54, 1.807) is 33.7 Å². The number of fused-ring (bicyclic) bond motifs is 3. The topological polar surface area (TPSA) is 121 Å². The van der Waals surface area contributed by atoms with Crippen LogP contribution < -0.4 is 16.2 Å². The lowest BCUT2D eigenvalue weighted by molar-refractivity contribution is 0.0203. The molecule has 5 rings (SSSR count). The van der Waals surface area contributed by atoms with Gasteiger partial charge in [-0.05, 0) is 57.9 Å². The molecule has 10 nitrogen and oxygen atoms in total. The smallest absolute Gasteiger partial charge is 0.410 e. The van der Waals surface area contributed by atoms with Crippen LogP contribution in [0.3, 0.4) is 0 Å². The lowest BCUT2D eigenvalue weighted by Gasteiger charge is -2.33. The van der Waals surface area contributed by atoms with Gasteiger partial charge in [0.2, 0.25) is 0 Å². The Bertz CT molecular complexity index is 1510. The first-order valence-corrected chi connectivity index (χ1v) is 12.3. The molecular formula is C27H30N6O4. The molecule has 0 bridgehead atoms. The molecule has 0 radical (unpaired) electrons. The Hall–Kier alpha value is -4.34. The second-order valence-corrected chi connectivity index (χ2v) is 10.2. The SMILES string of the molecule is CC(C)(C)OC(=O)N1CCC(c2cc(=O)[nH]c3c4c(NC(=O)Nc5ccccc5)cccc4nn23)CC1. The van der Waals surface area contributed by atoms with Crippen LogP contribution in [-0.4, -0.2) is 50.3 Å². The average Bonchev–Trinajstić information content (AvgIpc) is 3.22. The molecule has 192 valence electrons. The van der Waals surface area contributed by atoms with Crippen molar-refractivity contribution in [1.29, 1.82) is 0 Å². The predicted octanol–water partition coefficient (Wildman–Crippen LogP) is 4.93. The third kappa shape index (κ3) is 5.28. The van der Waals surface area contributed by atoms with E-state index in [0.29, 0.717) is 53.9 Å². The number of hydrogen-bond acceptors (Lipinski definition) is 5. The Morgan fingerprint density at radius 2 is 1.76 bits per heavy atom. The zero-order valence-corrected chi connectivity index (χ0v) is 21.1. The van der Waals surface area contributed by atoms with Crippen molar-refractivity contribution in [3.63, 3.8) is 0 Å². The molecule has 4 aromatic rings. The van der Waals surface area contributed by atoms with Crippen LogP contribution in [0.5, 0.6) is 0 Å². The number of para-hydroxylation sites is 1. The van der Waals surface area contributed by atoms with E-state index in [0.717, 1.165) is 5.69 Å². The fourth-order valence-corrected chi connectivity index (χ4v) is 4.67. The van der Waals surface area contributed by atoms with Crippen molar-refractivity contribution in [2.45, 2.75) is 45.1 Å². The molecule has 1 saturated heterocycles. The molecule has 3 amide bonds. The summed E-state index contributed by atoms with van der Waals surface area (Å²) in [6.07, 6.45) is 1.04. The molecule has 0 spiro atoms. The highest BCUT2D eigenvalue weighted by molar-refractivity contribution is 6.09. The fourth-order valence-electron chi connectivity index (χ4n) is 4.67. The van der Waals surface area contributed by atoms with Crippen molar-refractivity contribution in [2.75, 3.05) is 23.7 Å². The number of ether oxygens (including phenoxy) is 1. The summed E-state index contributed by atoms with van der Waals surface area (Å²) < 4.78 is 7.25. The van der Waals surface area contributed by atoms with E-state index in [1.807, 2.05) is 51.1 Å². The van der Waals surface area contributed by atoms with Gasteiger partial charge in [0.25, 0.3) is 5.56 Å². The van der Waals surface area contributed by atoms with Crippen molar-refractivity contribution in [2.24, 2.45) is 0 Å². The second kappa shape index (κ2) is 9.61. The molecule has 0 aliphatic carbocycles. The molecule has 3 N–H and O–H groups in total. The fraction of sp³-hybridized carbons (Fsp3) is 0.333. The van der Waals surface area contributed by atoms with Gasteiger partial charge in [-0.2, -0.15) is 5.10 Å². The number of aromatic amines is 1. The molecule has 10 heteroatoms. The van der Waals surface area contributed by atoms with Crippen LogP contribution in [-0.2, 0) is 4.74 Å². The minimum absolute atomic E-state index is 0.0376. The van der Waals surface area contributed by atoms with Gasteiger partial charge in [0.05, 0.1) is 22.3 Å². The predicted molar refractivity (Wildman–Crippen MR) is 142 cm³/mol. The number of carbonyl (C=O) groups excluding carboxylic acids is 2. The maximum atomic E-state index is 12.7. The van der Waals surface area contributed by atoms with E-state index in [-0.39, 0.29) is 17.6 Å². The Morgan fingerprint density at radius 3 is 2.46 bits per heavy atom. The number of urea groups is 1. The molecule has 3 heterocycles. The number of benzene rings is 2. The van der Waals surface area contributed by atoms with Crippen molar-refractivity contribution in [1.82, 2.24) is 19.5 Å². The summed E-state index contributed by atoms with van der Waals surface area (Å²) in [6, 6.07) is 15.8. The number of anilines is 2. The number of piperidine rings is 1. The highest BCUT2D eigenvalue weighted by atomic mass is 16.6. The van der Waals surface area contributed by atoms with E-state index in [4.69, 9.17) is 9.84 Å². The molecule has 2 aromatic heterocycles. The van der Waals surface area contributed by atoms with Crippen molar-refractivity contribution >= 4 is 40.0 Å². The van der Waals surface area contributed by atoms with Gasteiger partial charge in [0, 0.05) is 30.8 Å². The maximum Gasteiger partial charge on any atom is 0.410 e. The first kappa shape index (κ1) is 24.4. The number of carbonyl (C=O) groups is 2. The summed E-state index contributed by atoms with van der Waals surface area (Å²) in [5, 5.41) is 11.1. The summed E-state index contributed by atoms with van der Waals surface area (Å²) >= 11 is 0. The standard InChI is InChI=1S/C27H30N6O4/c1-27(2,3)37-26(36)32-14-12-17(13-15-32)21-16-22(34)30-24-23-19(10-7-11-20(23)31-33(21)24)29-25(35)28-18-8-5-4-6-9-18/h4-11,16-17H,12-15H2,1-3H3,(H,30,34)(H2,28,29,35). The molecule has 0 saturated carbocycles. The molecular weight excluding hydrogens is 472 g/mol. The number of H-pyrrole nitrogens is 1. The molecule has 1 fully saturated rings. The zero-order valence-electron chi connectivity index (χ0n) is 21.1. The molecule has 1 aliphatic heterocycles. The van der Waals surface area contributed by atoms with Crippen LogP contribution in [0.15, 0.2) is 59.4 Å². The molecule has 2 aromatic carbocycles. The van der Waals surface area contributed by atoms with Crippen molar-refractivity contribution in [3.05, 3.63) is 70.6 Å². The Kier molecular flexibility index (Phi) is 6.32. The van der Waals surface area contributed by atoms with Gasteiger partial charge in [-0.3, -0.25) is 4.79 Å². The number of rotatable bonds is 3. The third-order valence-electron chi connectivity index (χ3n) is 6.31. The van der Waals surface area contributed by atoms with Crippen LogP contribution in [0, 0.1) is 0 Å². The normalized spacial score (nSPS) is 14.6. The van der Waals surface area contributed by atoms with Gasteiger partial charge in [-0.25, -0.2) is 14.1 Å². The monoisotopic (exact) mass is 502 g/mol. The molecule has 37 heavy (non-hydrogen) atoms. The van der Waals surface area contributed by atoms with E-state index < -0.39 is 11.6 Å². The quantitative estimate of drug-likeness (QED) is 0.367. The lowest BCUT2D eigenvalue weighted by Crippen LogP contribution is -2.41. The van der Waals surface area contributed by atoms with Crippen LogP contribution in [0.1, 0.15) is 45.2 Å². The molecule has 1 aliphatic rings. The highest BCUT2D eigenvalue weighted by Crippen LogP contribution is 2.32. The van der Waals surface area contributed by atoms with Crippen molar-refractivity contribution < 1.29 is 14.3 Å². The van der Waals surface area contributed by atoms with E-state index >= 15 is 0 Å². The van der Waals surface area contributed by atoms with Crippen LogP contribution in [0.2, 0.25) is 0 Å². The van der Waals surface area contributed by atoms with Gasteiger partial charge in [-0.15, -0.1) is 0 Å². The summed E-state index contributed by atoms with van der Waals surface area (Å²) in [7, 11) is 0. The summed E-state index contributed by atoms with van der Waals surface area (Å²) in [5.74, 6) is 0.0376. The minimum Gasteiger partial charge on any atom is -0.444 e. The van der Waals surface area contributed by atoms with Crippen molar-refractivity contribution in [3.8, 4) is 0 Å². The van der Waals surface area contributed by atoms with E-state index in [1.165, 1.54) is 0 Å². The lowest BCUT2D eigenvalue weighted by atomic mass is 9.93. The summed E-state index contributed by atoms with van der Waals surface area (Å²) in [6.45, 7) is 6.60. The first-order valence-electron chi connectivity index (χ1n) is 12.3. The average molecular weight is 503 g/mol. The first-order chi connectivity index (χ1) is 17.7. The largest absolute Gasteiger partial charge is 0.444 e. The van der Waals surface area contributed by atoms with E-state index in [2.05, 4.69) is 15.6 Å². The van der Waals surface area contributed by atoms with Gasteiger partial charge in [0.15, 0.2) is 0 Å². The summed E-state index contributed by atoms with van der Waals surface area (Å²) in [4.78, 5) is 42.5. The second-order valence-electron chi connectivity index (χ2n) is 10.2. The summed E-state index contributed by atoms with van der Waals surface area (Å²) in [5.41, 5.74) is 2.34. The van der Waals surface area contributed by atoms with E-state index in [9.17, 15) is 14.4 Å². The highest BCUT2D eigenvalue weighted by Gasteiger charge is 2.29. The Labute approximate surface area is 213 Å². The minimum atomic E-state index is -0.550. The molecule has 0 atom stereocenters.